The van der Waals surface area contributed by atoms with Gasteiger partial charge in [-0.15, -0.1) is 0 Å². The Bertz CT molecular complexity index is 887. The lowest BCUT2D eigenvalue weighted by molar-refractivity contribution is -0.121. The molecule has 128 valence electrons. The van der Waals surface area contributed by atoms with Crippen LogP contribution in [0.15, 0.2) is 51.8 Å². The van der Waals surface area contributed by atoms with E-state index in [1.54, 1.807) is 12.1 Å². The van der Waals surface area contributed by atoms with Crippen LogP contribution in [0.25, 0.3) is 0 Å². The number of likely N-dealkylation sites (N-methyl/N-ethyl adjacent to an activating group) is 1. The Morgan fingerprint density at radius 1 is 1.25 bits per heavy atom. The van der Waals surface area contributed by atoms with Gasteiger partial charge in [0.15, 0.2) is 0 Å². The number of carbonyl (C=O) groups excluding carboxylic acids is 1. The van der Waals surface area contributed by atoms with E-state index in [1.807, 2.05) is 6.92 Å². The molecule has 0 heterocycles. The van der Waals surface area contributed by atoms with E-state index in [4.69, 9.17) is 5.73 Å². The maximum Gasteiger partial charge on any atom is 0.244 e. The van der Waals surface area contributed by atoms with Gasteiger partial charge in [0.1, 0.15) is 11.9 Å². The number of hydrogen-bond acceptors (Lipinski definition) is 3. The van der Waals surface area contributed by atoms with Crippen LogP contribution in [0.5, 0.6) is 0 Å². The first-order valence-corrected chi connectivity index (χ1v) is 9.17. The number of nitrogens with two attached hydrogens (primary N) is 1. The molecule has 2 aromatic rings. The molecular weight excluding hydrogens is 399 g/mol. The molecule has 0 aliphatic carbocycles. The molecule has 0 unspecified atom stereocenters. The van der Waals surface area contributed by atoms with Crippen LogP contribution in [-0.4, -0.2) is 25.7 Å². The Labute approximate surface area is 148 Å². The highest BCUT2D eigenvalue weighted by Crippen LogP contribution is 2.30. The van der Waals surface area contributed by atoms with Crippen molar-refractivity contribution in [3.05, 3.63) is 63.9 Å². The average molecular weight is 415 g/mol. The van der Waals surface area contributed by atoms with Crippen molar-refractivity contribution in [2.45, 2.75) is 17.9 Å². The van der Waals surface area contributed by atoms with Crippen LogP contribution in [0.4, 0.5) is 4.39 Å². The molecule has 24 heavy (non-hydrogen) atoms. The molecule has 2 N–H and O–H groups in total. The first-order chi connectivity index (χ1) is 11.1. The van der Waals surface area contributed by atoms with Crippen LogP contribution >= 0.6 is 15.9 Å². The molecule has 2 aromatic carbocycles. The molecule has 0 spiro atoms. The molecule has 0 saturated heterocycles. The standard InChI is InChI=1S/C16H16BrFN2O3S/c1-10-6-7-14(13(17)8-10)24(22,23)20(2)15(16(19)21)11-4-3-5-12(18)9-11/h3-9,15H,1-2H3,(H2,19,21)/t15-/m1/s1. The summed E-state index contributed by atoms with van der Waals surface area (Å²) in [4.78, 5) is 11.9. The summed E-state index contributed by atoms with van der Waals surface area (Å²) in [5.74, 6) is -1.48. The molecule has 1 amide bonds. The van der Waals surface area contributed by atoms with Crippen molar-refractivity contribution in [3.63, 3.8) is 0 Å². The highest BCUT2D eigenvalue weighted by atomic mass is 79.9. The third-order valence-electron chi connectivity index (χ3n) is 3.54. The summed E-state index contributed by atoms with van der Waals surface area (Å²) in [6.45, 7) is 1.82. The summed E-state index contributed by atoms with van der Waals surface area (Å²) in [5.41, 5.74) is 6.42. The molecule has 1 atom stereocenters. The molecule has 0 aliphatic heterocycles. The predicted molar refractivity (Wildman–Crippen MR) is 92.2 cm³/mol. The highest BCUT2D eigenvalue weighted by molar-refractivity contribution is 9.10. The number of halogens is 2. The van der Waals surface area contributed by atoms with Crippen molar-refractivity contribution in [2.75, 3.05) is 7.05 Å². The SMILES string of the molecule is Cc1ccc(S(=O)(=O)N(C)[C@@H](C(N)=O)c2cccc(F)c2)c(Br)c1. The second-order valence-electron chi connectivity index (χ2n) is 5.32. The van der Waals surface area contributed by atoms with Crippen molar-refractivity contribution >= 4 is 31.9 Å². The zero-order valence-electron chi connectivity index (χ0n) is 13.0. The topological polar surface area (TPSA) is 80.5 Å². The highest BCUT2D eigenvalue weighted by Gasteiger charge is 2.34. The van der Waals surface area contributed by atoms with E-state index in [0.29, 0.717) is 4.47 Å². The Balaban J connectivity index is 2.53. The minimum absolute atomic E-state index is 0.00162. The van der Waals surface area contributed by atoms with Crippen molar-refractivity contribution in [2.24, 2.45) is 5.73 Å². The van der Waals surface area contributed by atoms with Crippen molar-refractivity contribution < 1.29 is 17.6 Å². The van der Waals surface area contributed by atoms with Crippen LogP contribution < -0.4 is 5.73 Å². The number of rotatable bonds is 5. The summed E-state index contributed by atoms with van der Waals surface area (Å²) in [7, 11) is -2.79. The number of aryl methyl sites for hydroxylation is 1. The van der Waals surface area contributed by atoms with Gasteiger partial charge in [-0.3, -0.25) is 4.79 Å². The van der Waals surface area contributed by atoms with Crippen LogP contribution in [0.1, 0.15) is 17.2 Å². The lowest BCUT2D eigenvalue weighted by Crippen LogP contribution is -2.39. The largest absolute Gasteiger partial charge is 0.368 e. The number of benzene rings is 2. The summed E-state index contributed by atoms with van der Waals surface area (Å²) in [6.07, 6.45) is 0. The number of primary amides is 1. The van der Waals surface area contributed by atoms with E-state index in [1.165, 1.54) is 31.3 Å². The second kappa shape index (κ2) is 7.00. The van der Waals surface area contributed by atoms with Gasteiger partial charge in [0.25, 0.3) is 0 Å². The maximum absolute atomic E-state index is 13.5. The molecule has 8 heteroatoms. The molecule has 2 rings (SSSR count). The fraction of sp³-hybridized carbons (Fsp3) is 0.188. The lowest BCUT2D eigenvalue weighted by Gasteiger charge is -2.26. The Kier molecular flexibility index (Phi) is 5.42. The zero-order chi connectivity index (χ0) is 18.1. The van der Waals surface area contributed by atoms with Gasteiger partial charge in [-0.25, -0.2) is 12.8 Å². The van der Waals surface area contributed by atoms with Gasteiger partial charge in [0.2, 0.25) is 15.9 Å². The second-order valence-corrected chi connectivity index (χ2v) is 8.14. The minimum atomic E-state index is -4.03. The fourth-order valence-electron chi connectivity index (χ4n) is 2.34. The first kappa shape index (κ1) is 18.6. The van der Waals surface area contributed by atoms with Gasteiger partial charge in [-0.2, -0.15) is 4.31 Å². The summed E-state index contributed by atoms with van der Waals surface area (Å²) >= 11 is 3.22. The van der Waals surface area contributed by atoms with E-state index in [0.717, 1.165) is 15.9 Å². The van der Waals surface area contributed by atoms with Gasteiger partial charge in [0.05, 0.1) is 4.90 Å². The minimum Gasteiger partial charge on any atom is -0.368 e. The van der Waals surface area contributed by atoms with Crippen molar-refractivity contribution in [1.29, 1.82) is 0 Å². The van der Waals surface area contributed by atoms with Gasteiger partial charge < -0.3 is 5.73 Å². The molecular formula is C16H16BrFN2O3S. The van der Waals surface area contributed by atoms with Gasteiger partial charge >= 0.3 is 0 Å². The Hall–Kier alpha value is -1.77. The lowest BCUT2D eigenvalue weighted by atomic mass is 10.1. The normalized spacial score (nSPS) is 13.0. The molecule has 5 nitrogen and oxygen atoms in total. The zero-order valence-corrected chi connectivity index (χ0v) is 15.4. The summed E-state index contributed by atoms with van der Waals surface area (Å²) < 4.78 is 40.4. The van der Waals surface area contributed by atoms with Crippen molar-refractivity contribution in [3.8, 4) is 0 Å². The monoisotopic (exact) mass is 414 g/mol. The molecule has 0 aliphatic rings. The molecule has 0 radical (unpaired) electrons. The van der Waals surface area contributed by atoms with E-state index < -0.39 is 27.8 Å². The van der Waals surface area contributed by atoms with Gasteiger partial charge in [-0.1, -0.05) is 18.2 Å². The third-order valence-corrected chi connectivity index (χ3v) is 6.34. The number of amides is 1. The van der Waals surface area contributed by atoms with Gasteiger partial charge in [-0.05, 0) is 58.2 Å². The summed E-state index contributed by atoms with van der Waals surface area (Å²) in [5, 5.41) is 0. The average Bonchev–Trinajstić information content (AvgIpc) is 2.46. The predicted octanol–water partition coefficient (Wildman–Crippen LogP) is 2.74. The Morgan fingerprint density at radius 3 is 2.46 bits per heavy atom. The third kappa shape index (κ3) is 3.66. The van der Waals surface area contributed by atoms with E-state index in [2.05, 4.69) is 15.9 Å². The number of carbonyl (C=O) groups is 1. The fourth-order valence-corrected chi connectivity index (χ4v) is 4.80. The van der Waals surface area contributed by atoms with Crippen molar-refractivity contribution in [1.82, 2.24) is 4.31 Å². The molecule has 0 fully saturated rings. The van der Waals surface area contributed by atoms with E-state index in [-0.39, 0.29) is 10.5 Å². The van der Waals surface area contributed by atoms with E-state index in [9.17, 15) is 17.6 Å². The van der Waals surface area contributed by atoms with Crippen LogP contribution in [0.2, 0.25) is 0 Å². The molecule has 0 bridgehead atoms. The first-order valence-electron chi connectivity index (χ1n) is 6.93. The van der Waals surface area contributed by atoms with Gasteiger partial charge in [0, 0.05) is 11.5 Å². The van der Waals surface area contributed by atoms with E-state index >= 15 is 0 Å². The quantitative estimate of drug-likeness (QED) is 0.816. The number of nitrogens with zero attached hydrogens (tertiary/aromatic N) is 1. The van der Waals surface area contributed by atoms with Crippen LogP contribution in [0.3, 0.4) is 0 Å². The number of hydrogen-bond donors (Lipinski definition) is 1. The number of sulfonamides is 1. The smallest absolute Gasteiger partial charge is 0.244 e. The summed E-state index contributed by atoms with van der Waals surface area (Å²) in [6, 6.07) is 8.55. The van der Waals surface area contributed by atoms with Crippen LogP contribution in [-0.2, 0) is 14.8 Å². The van der Waals surface area contributed by atoms with Crippen LogP contribution in [0, 0.1) is 12.7 Å². The maximum atomic E-state index is 13.5. The molecule has 0 aromatic heterocycles. The molecule has 0 saturated carbocycles. The Morgan fingerprint density at radius 2 is 1.92 bits per heavy atom.